The molecule has 0 spiro atoms. The summed E-state index contributed by atoms with van der Waals surface area (Å²) in [4.78, 5) is 11.9. The lowest BCUT2D eigenvalue weighted by Gasteiger charge is -2.28. The van der Waals surface area contributed by atoms with Crippen LogP contribution in [-0.4, -0.2) is 38.3 Å². The highest BCUT2D eigenvalue weighted by molar-refractivity contribution is 5.85. The van der Waals surface area contributed by atoms with E-state index in [9.17, 15) is 4.79 Å². The van der Waals surface area contributed by atoms with Crippen molar-refractivity contribution in [3.05, 3.63) is 0 Å². The lowest BCUT2D eigenvalue weighted by Crippen LogP contribution is -2.37. The fourth-order valence-electron chi connectivity index (χ4n) is 2.93. The van der Waals surface area contributed by atoms with Gasteiger partial charge in [0.1, 0.15) is 0 Å². The second kappa shape index (κ2) is 8.77. The molecule has 0 aromatic carbocycles. The van der Waals surface area contributed by atoms with Crippen LogP contribution in [0.15, 0.2) is 0 Å². The first-order valence-corrected chi connectivity index (χ1v) is 7.34. The molecular weight excluding hydrogens is 264 g/mol. The van der Waals surface area contributed by atoms with E-state index in [-0.39, 0.29) is 24.4 Å². The van der Waals surface area contributed by atoms with Crippen molar-refractivity contribution in [3.63, 3.8) is 0 Å². The van der Waals surface area contributed by atoms with Crippen LogP contribution in [0, 0.1) is 11.8 Å². The van der Waals surface area contributed by atoms with Crippen LogP contribution in [0.4, 0.5) is 0 Å². The first-order valence-electron chi connectivity index (χ1n) is 7.34. The van der Waals surface area contributed by atoms with Gasteiger partial charge in [-0.3, -0.25) is 4.79 Å². The lowest BCUT2D eigenvalue weighted by molar-refractivity contribution is -0.122. The summed E-state index contributed by atoms with van der Waals surface area (Å²) in [6, 6.07) is 0. The van der Waals surface area contributed by atoms with Crippen LogP contribution in [0.3, 0.4) is 0 Å². The molecule has 2 N–H and O–H groups in total. The summed E-state index contributed by atoms with van der Waals surface area (Å²) in [5.74, 6) is 1.32. The van der Waals surface area contributed by atoms with Gasteiger partial charge in [-0.2, -0.15) is 0 Å². The van der Waals surface area contributed by atoms with E-state index in [2.05, 4.69) is 17.6 Å². The summed E-state index contributed by atoms with van der Waals surface area (Å²) in [6.07, 6.45) is 5.62. The predicted octanol–water partition coefficient (Wildman–Crippen LogP) is 1.73. The Hall–Kier alpha value is -0.320. The van der Waals surface area contributed by atoms with Gasteiger partial charge in [-0.15, -0.1) is 12.4 Å². The zero-order valence-corrected chi connectivity index (χ0v) is 12.6. The average Bonchev–Trinajstić information content (AvgIpc) is 2.90. The molecule has 0 radical (unpaired) electrons. The highest BCUT2D eigenvalue weighted by Gasteiger charge is 2.22. The Kier molecular flexibility index (Phi) is 7.73. The standard InChI is InChI=1S/C14H26N2O2.ClH/c1-11(12-4-2-6-15-9-12)8-14(17)16-10-13-5-3-7-18-13;/h11-13,15H,2-10H2,1H3,(H,16,17);1H. The van der Waals surface area contributed by atoms with Crippen molar-refractivity contribution >= 4 is 18.3 Å². The zero-order chi connectivity index (χ0) is 12.8. The quantitative estimate of drug-likeness (QED) is 0.811. The third-order valence-corrected chi connectivity index (χ3v) is 4.20. The molecule has 3 unspecified atom stereocenters. The van der Waals surface area contributed by atoms with E-state index in [1.807, 2.05) is 0 Å². The SMILES string of the molecule is CC(CC(=O)NCC1CCCO1)C1CCCNC1.Cl. The molecule has 2 saturated heterocycles. The number of amides is 1. The smallest absolute Gasteiger partial charge is 0.220 e. The molecule has 0 aliphatic carbocycles. The molecule has 0 aromatic heterocycles. The van der Waals surface area contributed by atoms with Crippen molar-refractivity contribution in [2.24, 2.45) is 11.8 Å². The van der Waals surface area contributed by atoms with Gasteiger partial charge in [-0.25, -0.2) is 0 Å². The first-order chi connectivity index (χ1) is 8.75. The molecule has 112 valence electrons. The van der Waals surface area contributed by atoms with Crippen molar-refractivity contribution in [2.75, 3.05) is 26.2 Å². The molecule has 2 aliphatic heterocycles. The maximum atomic E-state index is 11.9. The van der Waals surface area contributed by atoms with Crippen LogP contribution in [0.25, 0.3) is 0 Å². The summed E-state index contributed by atoms with van der Waals surface area (Å²) >= 11 is 0. The Balaban J connectivity index is 0.00000180. The molecule has 2 aliphatic rings. The van der Waals surface area contributed by atoms with Crippen LogP contribution in [0.2, 0.25) is 0 Å². The third-order valence-electron chi connectivity index (χ3n) is 4.20. The van der Waals surface area contributed by atoms with Crippen molar-refractivity contribution in [1.29, 1.82) is 0 Å². The van der Waals surface area contributed by atoms with Gasteiger partial charge >= 0.3 is 0 Å². The normalized spacial score (nSPS) is 28.5. The van der Waals surface area contributed by atoms with E-state index in [0.29, 0.717) is 24.8 Å². The number of carbonyl (C=O) groups is 1. The molecule has 3 atom stereocenters. The highest BCUT2D eigenvalue weighted by atomic mass is 35.5. The Morgan fingerprint density at radius 2 is 2.26 bits per heavy atom. The Morgan fingerprint density at radius 3 is 2.89 bits per heavy atom. The van der Waals surface area contributed by atoms with E-state index in [1.54, 1.807) is 0 Å². The van der Waals surface area contributed by atoms with Crippen molar-refractivity contribution in [1.82, 2.24) is 10.6 Å². The van der Waals surface area contributed by atoms with Gasteiger partial charge in [0.05, 0.1) is 6.10 Å². The number of halogens is 1. The van der Waals surface area contributed by atoms with Crippen LogP contribution >= 0.6 is 12.4 Å². The van der Waals surface area contributed by atoms with Gasteiger partial charge < -0.3 is 15.4 Å². The summed E-state index contributed by atoms with van der Waals surface area (Å²) in [6.45, 7) is 5.94. The minimum absolute atomic E-state index is 0. The number of ether oxygens (including phenoxy) is 1. The van der Waals surface area contributed by atoms with Gasteiger partial charge in [-0.05, 0) is 50.6 Å². The summed E-state index contributed by atoms with van der Waals surface area (Å²) in [7, 11) is 0. The molecular formula is C14H27ClN2O2. The molecule has 4 nitrogen and oxygen atoms in total. The average molecular weight is 291 g/mol. The van der Waals surface area contributed by atoms with Gasteiger partial charge in [0, 0.05) is 19.6 Å². The molecule has 19 heavy (non-hydrogen) atoms. The van der Waals surface area contributed by atoms with Crippen molar-refractivity contribution in [3.8, 4) is 0 Å². The van der Waals surface area contributed by atoms with E-state index in [4.69, 9.17) is 4.74 Å². The molecule has 2 fully saturated rings. The molecule has 1 amide bonds. The first kappa shape index (κ1) is 16.7. The number of nitrogens with one attached hydrogen (secondary N) is 2. The van der Waals surface area contributed by atoms with Crippen molar-refractivity contribution in [2.45, 2.75) is 45.1 Å². The van der Waals surface area contributed by atoms with Crippen molar-refractivity contribution < 1.29 is 9.53 Å². The van der Waals surface area contributed by atoms with E-state index in [1.165, 1.54) is 12.8 Å². The molecule has 0 saturated carbocycles. The molecule has 0 aromatic rings. The Labute approximate surface area is 122 Å². The zero-order valence-electron chi connectivity index (χ0n) is 11.8. The van der Waals surface area contributed by atoms with Gasteiger partial charge in [0.2, 0.25) is 5.91 Å². The van der Waals surface area contributed by atoms with Crippen LogP contribution in [0.5, 0.6) is 0 Å². The summed E-state index contributed by atoms with van der Waals surface area (Å²) in [5.41, 5.74) is 0. The number of hydrogen-bond donors (Lipinski definition) is 2. The minimum atomic E-state index is 0. The fraction of sp³-hybridized carbons (Fsp3) is 0.929. The van der Waals surface area contributed by atoms with Crippen LogP contribution in [0.1, 0.15) is 39.0 Å². The third kappa shape index (κ3) is 5.67. The molecule has 2 rings (SSSR count). The minimum Gasteiger partial charge on any atom is -0.376 e. The monoisotopic (exact) mass is 290 g/mol. The number of carbonyl (C=O) groups excluding carboxylic acids is 1. The maximum absolute atomic E-state index is 11.9. The summed E-state index contributed by atoms with van der Waals surface area (Å²) < 4.78 is 5.50. The van der Waals surface area contributed by atoms with Crippen LogP contribution in [-0.2, 0) is 9.53 Å². The Morgan fingerprint density at radius 1 is 1.42 bits per heavy atom. The second-order valence-corrected chi connectivity index (χ2v) is 5.73. The lowest BCUT2D eigenvalue weighted by atomic mass is 9.85. The summed E-state index contributed by atoms with van der Waals surface area (Å²) in [5, 5.41) is 6.42. The number of piperidine rings is 1. The molecule has 2 heterocycles. The van der Waals surface area contributed by atoms with Gasteiger partial charge in [0.15, 0.2) is 0 Å². The highest BCUT2D eigenvalue weighted by Crippen LogP contribution is 2.22. The Bertz CT molecular complexity index is 264. The predicted molar refractivity (Wildman–Crippen MR) is 78.6 cm³/mol. The van der Waals surface area contributed by atoms with E-state index < -0.39 is 0 Å². The number of hydrogen-bond acceptors (Lipinski definition) is 3. The van der Waals surface area contributed by atoms with E-state index >= 15 is 0 Å². The van der Waals surface area contributed by atoms with Gasteiger partial charge in [0.25, 0.3) is 0 Å². The maximum Gasteiger partial charge on any atom is 0.220 e. The van der Waals surface area contributed by atoms with E-state index in [0.717, 1.165) is 32.5 Å². The van der Waals surface area contributed by atoms with Gasteiger partial charge in [-0.1, -0.05) is 6.92 Å². The largest absolute Gasteiger partial charge is 0.376 e. The molecule has 5 heteroatoms. The fourth-order valence-corrected chi connectivity index (χ4v) is 2.93. The topological polar surface area (TPSA) is 50.4 Å². The number of rotatable bonds is 5. The van der Waals surface area contributed by atoms with Crippen LogP contribution < -0.4 is 10.6 Å². The molecule has 0 bridgehead atoms. The second-order valence-electron chi connectivity index (χ2n) is 5.73.